The highest BCUT2D eigenvalue weighted by molar-refractivity contribution is 7.23. The second kappa shape index (κ2) is 5.81. The first-order valence-electron chi connectivity index (χ1n) is 6.35. The molecule has 1 atom stereocenters. The van der Waals surface area contributed by atoms with Crippen molar-refractivity contribution in [2.45, 2.75) is 18.9 Å². The van der Waals surface area contributed by atoms with Gasteiger partial charge in [-0.2, -0.15) is 0 Å². The largest absolute Gasteiger partial charge is 0.341 e. The molecule has 7 heteroatoms. The minimum atomic E-state index is 0.110. The van der Waals surface area contributed by atoms with E-state index >= 15 is 0 Å². The molecule has 1 amide bonds. The minimum absolute atomic E-state index is 0.110. The Morgan fingerprint density at radius 3 is 3.05 bits per heavy atom. The third-order valence-electron chi connectivity index (χ3n) is 3.25. The van der Waals surface area contributed by atoms with E-state index in [1.165, 1.54) is 11.3 Å². The molecule has 0 spiro atoms. The Balaban J connectivity index is 1.67. The molecule has 3 heterocycles. The molecule has 0 aromatic carbocycles. The molecule has 3 rings (SSSR count). The summed E-state index contributed by atoms with van der Waals surface area (Å²) in [5, 5.41) is 2.86. The fraction of sp³-hybridized carbons (Fsp3) is 0.385. The van der Waals surface area contributed by atoms with Crippen molar-refractivity contribution in [1.29, 1.82) is 0 Å². The summed E-state index contributed by atoms with van der Waals surface area (Å²) in [6, 6.07) is 3.94. The van der Waals surface area contributed by atoms with Crippen LogP contribution in [0.1, 0.15) is 12.1 Å². The van der Waals surface area contributed by atoms with E-state index in [0.29, 0.717) is 13.0 Å². The van der Waals surface area contributed by atoms with E-state index in [4.69, 9.17) is 17.3 Å². The van der Waals surface area contributed by atoms with Gasteiger partial charge in [0.25, 0.3) is 0 Å². The van der Waals surface area contributed by atoms with Gasteiger partial charge in [-0.1, -0.05) is 11.6 Å². The fourth-order valence-electron chi connectivity index (χ4n) is 2.21. The van der Waals surface area contributed by atoms with Crippen molar-refractivity contribution < 1.29 is 4.79 Å². The van der Waals surface area contributed by atoms with Crippen molar-refractivity contribution in [1.82, 2.24) is 9.88 Å². The van der Waals surface area contributed by atoms with E-state index in [1.807, 2.05) is 22.4 Å². The lowest BCUT2D eigenvalue weighted by atomic mass is 10.3. The summed E-state index contributed by atoms with van der Waals surface area (Å²) in [7, 11) is 0. The predicted molar refractivity (Wildman–Crippen MR) is 83.3 cm³/mol. The molecule has 0 saturated carbocycles. The van der Waals surface area contributed by atoms with Crippen LogP contribution in [0.25, 0.3) is 9.88 Å². The molecule has 1 aliphatic heterocycles. The highest BCUT2D eigenvalue weighted by Gasteiger charge is 2.24. The maximum atomic E-state index is 12.1. The summed E-state index contributed by atoms with van der Waals surface area (Å²) in [4.78, 5) is 19.5. The summed E-state index contributed by atoms with van der Waals surface area (Å²) in [5.74, 6) is 0.110. The zero-order valence-corrected chi connectivity index (χ0v) is 13.1. The summed E-state index contributed by atoms with van der Waals surface area (Å²) >= 11 is 8.97. The highest BCUT2D eigenvalue weighted by Crippen LogP contribution is 2.33. The van der Waals surface area contributed by atoms with Crippen LogP contribution in [0.4, 0.5) is 0 Å². The van der Waals surface area contributed by atoms with Crippen LogP contribution in [0, 0.1) is 0 Å². The van der Waals surface area contributed by atoms with Gasteiger partial charge in [-0.15, -0.1) is 22.7 Å². The Morgan fingerprint density at radius 1 is 1.55 bits per heavy atom. The maximum absolute atomic E-state index is 12.1. The number of amides is 1. The lowest BCUT2D eigenvalue weighted by Gasteiger charge is -2.14. The zero-order valence-electron chi connectivity index (χ0n) is 10.7. The molecule has 2 aromatic heterocycles. The third-order valence-corrected chi connectivity index (χ3v) is 5.54. The van der Waals surface area contributed by atoms with E-state index < -0.39 is 0 Å². The number of thiazole rings is 1. The third kappa shape index (κ3) is 3.03. The van der Waals surface area contributed by atoms with E-state index in [-0.39, 0.29) is 11.9 Å². The Labute approximate surface area is 130 Å². The van der Waals surface area contributed by atoms with Gasteiger partial charge in [0, 0.05) is 24.5 Å². The van der Waals surface area contributed by atoms with Gasteiger partial charge in [-0.3, -0.25) is 4.79 Å². The molecule has 0 radical (unpaired) electrons. The number of halogens is 1. The average molecular weight is 328 g/mol. The van der Waals surface area contributed by atoms with Crippen molar-refractivity contribution in [2.75, 3.05) is 13.1 Å². The maximum Gasteiger partial charge on any atom is 0.228 e. The van der Waals surface area contributed by atoms with Crippen molar-refractivity contribution in [2.24, 2.45) is 5.73 Å². The minimum Gasteiger partial charge on any atom is -0.341 e. The topological polar surface area (TPSA) is 59.2 Å². The molecule has 1 aliphatic rings. The SMILES string of the molecule is N[C@@H]1CCN(C(=O)Cc2csc(-c3ccc(Cl)s3)n2)C1. The quantitative estimate of drug-likeness (QED) is 0.942. The van der Waals surface area contributed by atoms with Crippen molar-refractivity contribution in [3.8, 4) is 9.88 Å². The lowest BCUT2D eigenvalue weighted by molar-refractivity contribution is -0.129. The Morgan fingerprint density at radius 2 is 2.40 bits per heavy atom. The van der Waals surface area contributed by atoms with Crippen LogP contribution in [0.2, 0.25) is 4.34 Å². The summed E-state index contributed by atoms with van der Waals surface area (Å²) in [6.45, 7) is 1.42. The van der Waals surface area contributed by atoms with E-state index in [1.54, 1.807) is 11.3 Å². The molecular formula is C13H14ClN3OS2. The van der Waals surface area contributed by atoms with Gasteiger partial charge in [0.15, 0.2) is 0 Å². The van der Waals surface area contributed by atoms with Gasteiger partial charge in [0.2, 0.25) is 5.91 Å². The van der Waals surface area contributed by atoms with Crippen LogP contribution in [0.3, 0.4) is 0 Å². The second-order valence-corrected chi connectivity index (χ2v) is 7.39. The average Bonchev–Trinajstić information content (AvgIpc) is 3.10. The van der Waals surface area contributed by atoms with E-state index in [9.17, 15) is 4.79 Å². The number of likely N-dealkylation sites (tertiary alicyclic amines) is 1. The predicted octanol–water partition coefficient (Wildman–Crippen LogP) is 2.63. The van der Waals surface area contributed by atoms with E-state index in [0.717, 1.165) is 32.9 Å². The molecule has 0 aliphatic carbocycles. The number of carbonyl (C=O) groups is 1. The Hall–Kier alpha value is -0.950. The molecule has 20 heavy (non-hydrogen) atoms. The molecule has 1 fully saturated rings. The normalized spacial score (nSPS) is 18.7. The molecule has 0 bridgehead atoms. The zero-order chi connectivity index (χ0) is 14.1. The van der Waals surface area contributed by atoms with Gasteiger partial charge >= 0.3 is 0 Å². The standard InChI is InChI=1S/C13H14ClN3OS2/c14-11-2-1-10(20-11)13-16-9(7-19-13)5-12(18)17-4-3-8(15)6-17/h1-2,7-8H,3-6,15H2/t8-/m1/s1. The smallest absolute Gasteiger partial charge is 0.228 e. The van der Waals surface area contributed by atoms with Crippen molar-refractivity contribution in [3.63, 3.8) is 0 Å². The fourth-order valence-corrected chi connectivity index (χ4v) is 4.15. The van der Waals surface area contributed by atoms with Gasteiger partial charge in [0.1, 0.15) is 5.01 Å². The molecule has 1 saturated heterocycles. The van der Waals surface area contributed by atoms with Crippen molar-refractivity contribution in [3.05, 3.63) is 27.5 Å². The first-order valence-corrected chi connectivity index (χ1v) is 8.42. The molecule has 4 nitrogen and oxygen atoms in total. The van der Waals surface area contributed by atoms with Crippen LogP contribution < -0.4 is 5.73 Å². The number of hydrogen-bond acceptors (Lipinski definition) is 5. The molecule has 2 aromatic rings. The van der Waals surface area contributed by atoms with Crippen LogP contribution in [-0.4, -0.2) is 34.9 Å². The Kier molecular flexibility index (Phi) is 4.07. The summed E-state index contributed by atoms with van der Waals surface area (Å²) in [6.07, 6.45) is 1.24. The number of nitrogens with two attached hydrogens (primary N) is 1. The van der Waals surface area contributed by atoms with Crippen LogP contribution in [0.5, 0.6) is 0 Å². The number of carbonyl (C=O) groups excluding carboxylic acids is 1. The number of hydrogen-bond donors (Lipinski definition) is 1. The van der Waals surface area contributed by atoms with E-state index in [2.05, 4.69) is 4.98 Å². The number of aromatic nitrogens is 1. The molecular weight excluding hydrogens is 314 g/mol. The highest BCUT2D eigenvalue weighted by atomic mass is 35.5. The van der Waals surface area contributed by atoms with Crippen LogP contribution in [-0.2, 0) is 11.2 Å². The van der Waals surface area contributed by atoms with Gasteiger partial charge < -0.3 is 10.6 Å². The summed E-state index contributed by atoms with van der Waals surface area (Å²) < 4.78 is 0.749. The van der Waals surface area contributed by atoms with Gasteiger partial charge in [-0.05, 0) is 18.6 Å². The molecule has 106 valence electrons. The first kappa shape index (κ1) is 14.0. The van der Waals surface area contributed by atoms with Gasteiger partial charge in [0.05, 0.1) is 21.3 Å². The molecule has 2 N–H and O–H groups in total. The van der Waals surface area contributed by atoms with Crippen LogP contribution >= 0.6 is 34.3 Å². The van der Waals surface area contributed by atoms with Crippen LogP contribution in [0.15, 0.2) is 17.5 Å². The Bertz CT molecular complexity index is 625. The number of thiophene rings is 1. The summed E-state index contributed by atoms with van der Waals surface area (Å²) in [5.41, 5.74) is 6.64. The second-order valence-electron chi connectivity index (χ2n) is 4.81. The monoisotopic (exact) mass is 327 g/mol. The lowest BCUT2D eigenvalue weighted by Crippen LogP contribution is -2.32. The molecule has 0 unspecified atom stereocenters. The van der Waals surface area contributed by atoms with Gasteiger partial charge in [-0.25, -0.2) is 4.98 Å². The van der Waals surface area contributed by atoms with Crippen molar-refractivity contribution >= 4 is 40.2 Å². The number of rotatable bonds is 3. The number of nitrogens with zero attached hydrogens (tertiary/aromatic N) is 2. The first-order chi connectivity index (χ1) is 9.61.